The smallest absolute Gasteiger partial charge is 0.308 e. The van der Waals surface area contributed by atoms with E-state index in [1.54, 1.807) is 7.11 Å². The summed E-state index contributed by atoms with van der Waals surface area (Å²) in [5, 5.41) is 0. The van der Waals surface area contributed by atoms with Crippen molar-refractivity contribution >= 4 is 5.97 Å². The Kier molecular flexibility index (Phi) is 12.6. The van der Waals surface area contributed by atoms with Crippen molar-refractivity contribution < 1.29 is 14.3 Å². The summed E-state index contributed by atoms with van der Waals surface area (Å²) >= 11 is 0. The van der Waals surface area contributed by atoms with Crippen molar-refractivity contribution in [2.24, 2.45) is 0 Å². The fraction of sp³-hybridized carbons (Fsp3) is 0.229. The molecule has 0 heterocycles. The van der Waals surface area contributed by atoms with E-state index in [0.29, 0.717) is 5.75 Å². The van der Waals surface area contributed by atoms with Crippen LogP contribution in [0.2, 0.25) is 0 Å². The number of hydrogen-bond donors (Lipinski definition) is 0. The molecular formula is C48H50O3. The molecule has 6 aromatic carbocycles. The third-order valence-corrected chi connectivity index (χ3v) is 9.42. The maximum absolute atomic E-state index is 12.1. The number of hydrogen-bond acceptors (Lipinski definition) is 3. The average Bonchev–Trinajstić information content (AvgIpc) is 3.49. The fourth-order valence-electron chi connectivity index (χ4n) is 6.66. The molecule has 7 rings (SSSR count). The van der Waals surface area contributed by atoms with E-state index < -0.39 is 5.41 Å². The molecule has 0 amide bonds. The Labute approximate surface area is 304 Å². The maximum Gasteiger partial charge on any atom is 0.308 e. The Hall–Kier alpha value is -5.41. The van der Waals surface area contributed by atoms with Gasteiger partial charge in [0, 0.05) is 18.1 Å². The molecule has 0 bridgehead atoms. The fourth-order valence-corrected chi connectivity index (χ4v) is 6.66. The highest BCUT2D eigenvalue weighted by molar-refractivity contribution is 5.88. The van der Waals surface area contributed by atoms with Crippen LogP contribution < -0.4 is 9.47 Å². The van der Waals surface area contributed by atoms with Gasteiger partial charge in [-0.25, -0.2) is 0 Å². The Balaban J connectivity index is 0.000000573. The number of fused-ring (bicyclic) bond motifs is 3. The molecule has 0 aliphatic heterocycles. The van der Waals surface area contributed by atoms with E-state index in [1.165, 1.54) is 54.9 Å². The molecule has 51 heavy (non-hydrogen) atoms. The van der Waals surface area contributed by atoms with Gasteiger partial charge in [-0.1, -0.05) is 175 Å². The quantitative estimate of drug-likeness (QED) is 0.119. The van der Waals surface area contributed by atoms with Crippen LogP contribution in [0.15, 0.2) is 146 Å². The minimum Gasteiger partial charge on any atom is -0.496 e. The van der Waals surface area contributed by atoms with E-state index in [9.17, 15) is 4.79 Å². The zero-order valence-electron chi connectivity index (χ0n) is 30.9. The minimum absolute atomic E-state index is 0.348. The maximum atomic E-state index is 12.1. The SMILES string of the molecule is CCCC.CCCC.COc1ccc(C2(c3ccc(OC(C)=O)c(-c4ccccc4)c3)c3ccccc3-c3ccccc32)cc1-c1ccccc1. The lowest BCUT2D eigenvalue weighted by atomic mass is 9.67. The van der Waals surface area contributed by atoms with Gasteiger partial charge in [0.15, 0.2) is 0 Å². The second-order valence-corrected chi connectivity index (χ2v) is 12.8. The summed E-state index contributed by atoms with van der Waals surface area (Å²) in [5.41, 5.74) is 10.4. The summed E-state index contributed by atoms with van der Waals surface area (Å²) < 4.78 is 11.6. The predicted octanol–water partition coefficient (Wildman–Crippen LogP) is 12.9. The molecule has 0 N–H and O–H groups in total. The van der Waals surface area contributed by atoms with Gasteiger partial charge >= 0.3 is 5.97 Å². The third kappa shape index (κ3) is 7.68. The van der Waals surface area contributed by atoms with Crippen LogP contribution in [0.5, 0.6) is 11.5 Å². The first-order valence-electron chi connectivity index (χ1n) is 18.3. The number of benzene rings is 6. The van der Waals surface area contributed by atoms with Crippen LogP contribution in [0.1, 0.15) is 82.6 Å². The average molecular weight is 675 g/mol. The van der Waals surface area contributed by atoms with E-state index >= 15 is 0 Å². The molecule has 0 aromatic heterocycles. The molecule has 1 aliphatic carbocycles. The number of esters is 1. The molecule has 0 fully saturated rings. The Bertz CT molecular complexity index is 1970. The van der Waals surface area contributed by atoms with Gasteiger partial charge in [-0.2, -0.15) is 0 Å². The number of ether oxygens (including phenoxy) is 2. The minimum atomic E-state index is -0.638. The normalized spacial score (nSPS) is 11.9. The molecule has 0 spiro atoms. The van der Waals surface area contributed by atoms with Gasteiger partial charge in [0.1, 0.15) is 11.5 Å². The van der Waals surface area contributed by atoms with Gasteiger partial charge in [0.2, 0.25) is 0 Å². The second kappa shape index (κ2) is 17.5. The van der Waals surface area contributed by atoms with Gasteiger partial charge in [-0.05, 0) is 68.8 Å². The summed E-state index contributed by atoms with van der Waals surface area (Å²) in [5.74, 6) is 1.01. The van der Waals surface area contributed by atoms with Crippen molar-refractivity contribution in [3.63, 3.8) is 0 Å². The summed E-state index contributed by atoms with van der Waals surface area (Å²) in [6, 6.07) is 50.6. The van der Waals surface area contributed by atoms with Gasteiger partial charge in [-0.15, -0.1) is 0 Å². The van der Waals surface area contributed by atoms with E-state index in [1.807, 2.05) is 30.3 Å². The van der Waals surface area contributed by atoms with Crippen molar-refractivity contribution in [3.05, 3.63) is 168 Å². The highest BCUT2D eigenvalue weighted by Crippen LogP contribution is 2.57. The van der Waals surface area contributed by atoms with Crippen LogP contribution in [-0.2, 0) is 10.2 Å². The first kappa shape index (κ1) is 36.9. The van der Waals surface area contributed by atoms with E-state index in [0.717, 1.165) is 39.1 Å². The zero-order chi connectivity index (χ0) is 36.2. The number of rotatable bonds is 8. The predicted molar refractivity (Wildman–Crippen MR) is 214 cm³/mol. The molecule has 3 heteroatoms. The number of carbonyl (C=O) groups is 1. The summed E-state index contributed by atoms with van der Waals surface area (Å²) in [7, 11) is 1.72. The van der Waals surface area contributed by atoms with Crippen molar-refractivity contribution in [2.45, 2.75) is 65.7 Å². The highest BCUT2D eigenvalue weighted by Gasteiger charge is 2.46. The van der Waals surface area contributed by atoms with Crippen LogP contribution in [-0.4, -0.2) is 13.1 Å². The largest absolute Gasteiger partial charge is 0.496 e. The van der Waals surface area contributed by atoms with Crippen LogP contribution in [0.3, 0.4) is 0 Å². The second-order valence-electron chi connectivity index (χ2n) is 12.8. The number of carbonyl (C=O) groups excluding carboxylic acids is 1. The topological polar surface area (TPSA) is 35.5 Å². The van der Waals surface area contributed by atoms with Gasteiger partial charge in [0.25, 0.3) is 0 Å². The highest BCUT2D eigenvalue weighted by atomic mass is 16.5. The molecule has 260 valence electrons. The van der Waals surface area contributed by atoms with Crippen LogP contribution in [0.4, 0.5) is 0 Å². The molecule has 0 radical (unpaired) electrons. The number of unbranched alkanes of at least 4 members (excludes halogenated alkanes) is 2. The number of methoxy groups -OCH3 is 1. The molecule has 1 aliphatic rings. The summed E-state index contributed by atoms with van der Waals surface area (Å²) in [6.45, 7) is 10.2. The Morgan fingerprint density at radius 1 is 0.490 bits per heavy atom. The van der Waals surface area contributed by atoms with Gasteiger partial charge < -0.3 is 9.47 Å². The molecule has 0 saturated heterocycles. The van der Waals surface area contributed by atoms with Gasteiger partial charge in [-0.3, -0.25) is 4.79 Å². The van der Waals surface area contributed by atoms with E-state index in [2.05, 4.69) is 143 Å². The van der Waals surface area contributed by atoms with E-state index in [4.69, 9.17) is 9.47 Å². The van der Waals surface area contributed by atoms with Crippen molar-refractivity contribution in [2.75, 3.05) is 7.11 Å². The lowest BCUT2D eigenvalue weighted by Gasteiger charge is -2.35. The lowest BCUT2D eigenvalue weighted by Crippen LogP contribution is -2.28. The standard InChI is InChI=1S/C40H30O3.2C4H10/c1-27(41)43-39-24-22-31(26-35(39)29-15-7-4-8-16-29)40(36-19-11-9-17-32(36)33-18-10-12-20-37(33)40)30-21-23-38(42-2)34(25-30)28-13-5-3-6-14-28;2*1-3-4-2/h3-26H,1-2H3;2*3-4H2,1-2H3. The molecule has 3 nitrogen and oxygen atoms in total. The Morgan fingerprint density at radius 3 is 1.29 bits per heavy atom. The molecule has 0 atom stereocenters. The van der Waals surface area contributed by atoms with Crippen molar-refractivity contribution in [1.82, 2.24) is 0 Å². The first-order valence-corrected chi connectivity index (χ1v) is 18.3. The molecule has 6 aromatic rings. The Morgan fingerprint density at radius 2 is 0.882 bits per heavy atom. The molecule has 0 saturated carbocycles. The lowest BCUT2D eigenvalue weighted by molar-refractivity contribution is -0.131. The van der Waals surface area contributed by atoms with Crippen molar-refractivity contribution in [1.29, 1.82) is 0 Å². The molecule has 0 unspecified atom stereocenters. The van der Waals surface area contributed by atoms with Crippen molar-refractivity contribution in [3.8, 4) is 44.9 Å². The van der Waals surface area contributed by atoms with Crippen LogP contribution >= 0.6 is 0 Å². The van der Waals surface area contributed by atoms with E-state index in [-0.39, 0.29) is 5.97 Å². The monoisotopic (exact) mass is 674 g/mol. The first-order chi connectivity index (χ1) is 24.9. The summed E-state index contributed by atoms with van der Waals surface area (Å²) in [6.07, 6.45) is 5.28. The zero-order valence-corrected chi connectivity index (χ0v) is 30.9. The van der Waals surface area contributed by atoms with Crippen LogP contribution in [0, 0.1) is 0 Å². The summed E-state index contributed by atoms with van der Waals surface area (Å²) in [4.78, 5) is 12.1. The van der Waals surface area contributed by atoms with Gasteiger partial charge in [0.05, 0.1) is 12.5 Å². The molecular weight excluding hydrogens is 625 g/mol. The third-order valence-electron chi connectivity index (χ3n) is 9.42. The van der Waals surface area contributed by atoms with Crippen LogP contribution in [0.25, 0.3) is 33.4 Å².